The molecule has 4 nitrogen and oxygen atoms in total. The van der Waals surface area contributed by atoms with Gasteiger partial charge in [-0.2, -0.15) is 4.31 Å². The molecule has 0 bridgehead atoms. The summed E-state index contributed by atoms with van der Waals surface area (Å²) in [6.45, 7) is 3.04. The van der Waals surface area contributed by atoms with E-state index < -0.39 is 10.0 Å². The average molecular weight is 255 g/mol. The number of benzene rings is 1. The van der Waals surface area contributed by atoms with Gasteiger partial charge in [-0.25, -0.2) is 8.42 Å². The van der Waals surface area contributed by atoms with Gasteiger partial charge < -0.3 is 4.74 Å². The molecule has 1 saturated heterocycles. The molecular weight excluding hydrogens is 238 g/mol. The van der Waals surface area contributed by atoms with Crippen LogP contribution in [0.2, 0.25) is 0 Å². The molecule has 1 unspecified atom stereocenters. The lowest BCUT2D eigenvalue weighted by molar-refractivity contribution is 0.0716. The Morgan fingerprint density at radius 1 is 1.35 bits per heavy atom. The molecule has 0 spiro atoms. The van der Waals surface area contributed by atoms with Crippen molar-refractivity contribution in [2.45, 2.75) is 19.6 Å². The second-order valence-corrected chi connectivity index (χ2v) is 6.36. The molecule has 1 aliphatic rings. The summed E-state index contributed by atoms with van der Waals surface area (Å²) in [5.74, 6) is 0.0736. The van der Waals surface area contributed by atoms with E-state index in [1.54, 1.807) is 0 Å². The van der Waals surface area contributed by atoms with Crippen molar-refractivity contribution in [3.05, 3.63) is 35.9 Å². The van der Waals surface area contributed by atoms with E-state index in [1.807, 2.05) is 37.3 Å². The fourth-order valence-corrected chi connectivity index (χ4v) is 3.23. The normalized spacial score (nSPS) is 25.4. The summed E-state index contributed by atoms with van der Waals surface area (Å²) >= 11 is 0. The standard InChI is InChI=1S/C12H17NO3S/c1-11-9-13(17(14,15)8-7-16-11)10-12-5-3-2-4-6-12/h2-6,11H,7-10H2,1H3. The van der Waals surface area contributed by atoms with E-state index >= 15 is 0 Å². The van der Waals surface area contributed by atoms with Gasteiger partial charge in [0.15, 0.2) is 0 Å². The summed E-state index contributed by atoms with van der Waals surface area (Å²) in [6.07, 6.45) is -0.0454. The van der Waals surface area contributed by atoms with Gasteiger partial charge in [0, 0.05) is 13.1 Å². The van der Waals surface area contributed by atoms with Crippen molar-refractivity contribution >= 4 is 10.0 Å². The zero-order valence-corrected chi connectivity index (χ0v) is 10.7. The highest BCUT2D eigenvalue weighted by molar-refractivity contribution is 7.89. The maximum Gasteiger partial charge on any atom is 0.216 e. The Hall–Kier alpha value is -0.910. The number of ether oxygens (including phenoxy) is 1. The maximum absolute atomic E-state index is 12.0. The van der Waals surface area contributed by atoms with E-state index in [9.17, 15) is 8.42 Å². The first-order valence-electron chi connectivity index (χ1n) is 5.71. The average Bonchev–Trinajstić information content (AvgIpc) is 2.40. The predicted molar refractivity (Wildman–Crippen MR) is 66.1 cm³/mol. The van der Waals surface area contributed by atoms with Crippen LogP contribution in [0.1, 0.15) is 12.5 Å². The topological polar surface area (TPSA) is 46.6 Å². The summed E-state index contributed by atoms with van der Waals surface area (Å²) in [5.41, 5.74) is 1.00. The Morgan fingerprint density at radius 3 is 2.76 bits per heavy atom. The molecule has 1 aromatic carbocycles. The fourth-order valence-electron chi connectivity index (χ4n) is 1.89. The third-order valence-electron chi connectivity index (χ3n) is 2.80. The first-order chi connectivity index (χ1) is 8.08. The molecule has 0 N–H and O–H groups in total. The molecule has 0 saturated carbocycles. The van der Waals surface area contributed by atoms with Gasteiger partial charge in [-0.1, -0.05) is 30.3 Å². The Bertz CT molecular complexity index is 458. The highest BCUT2D eigenvalue weighted by Crippen LogP contribution is 2.14. The minimum atomic E-state index is -3.18. The van der Waals surface area contributed by atoms with Gasteiger partial charge in [0.2, 0.25) is 10.0 Å². The van der Waals surface area contributed by atoms with Crippen molar-refractivity contribution in [2.24, 2.45) is 0 Å². The summed E-state index contributed by atoms with van der Waals surface area (Å²) < 4.78 is 30.9. The van der Waals surface area contributed by atoms with E-state index in [0.717, 1.165) is 5.56 Å². The highest BCUT2D eigenvalue weighted by atomic mass is 32.2. The predicted octanol–water partition coefficient (Wildman–Crippen LogP) is 1.24. The third kappa shape index (κ3) is 3.28. The molecule has 1 aliphatic heterocycles. The maximum atomic E-state index is 12.0. The molecule has 0 aliphatic carbocycles. The van der Waals surface area contributed by atoms with E-state index in [-0.39, 0.29) is 18.5 Å². The molecule has 1 atom stereocenters. The first-order valence-corrected chi connectivity index (χ1v) is 7.32. The van der Waals surface area contributed by atoms with Crippen LogP contribution < -0.4 is 0 Å². The third-order valence-corrected chi connectivity index (χ3v) is 4.55. The van der Waals surface area contributed by atoms with Crippen molar-refractivity contribution in [3.63, 3.8) is 0 Å². The molecule has 0 aromatic heterocycles. The van der Waals surface area contributed by atoms with Crippen molar-refractivity contribution in [2.75, 3.05) is 18.9 Å². The number of nitrogens with zero attached hydrogens (tertiary/aromatic N) is 1. The smallest absolute Gasteiger partial charge is 0.216 e. The van der Waals surface area contributed by atoms with Crippen LogP contribution in [0.3, 0.4) is 0 Å². The van der Waals surface area contributed by atoms with Gasteiger partial charge in [-0.15, -0.1) is 0 Å². The molecule has 5 heteroatoms. The van der Waals surface area contributed by atoms with E-state index in [4.69, 9.17) is 4.74 Å². The Morgan fingerprint density at radius 2 is 2.06 bits per heavy atom. The van der Waals surface area contributed by atoms with Crippen LogP contribution in [-0.4, -0.2) is 37.7 Å². The van der Waals surface area contributed by atoms with Gasteiger partial charge in [0.05, 0.1) is 18.5 Å². The van der Waals surface area contributed by atoms with Crippen molar-refractivity contribution < 1.29 is 13.2 Å². The van der Waals surface area contributed by atoms with Crippen LogP contribution in [0, 0.1) is 0 Å². The number of rotatable bonds is 2. The Balaban J connectivity index is 2.17. The molecule has 0 amide bonds. The van der Waals surface area contributed by atoms with Crippen LogP contribution in [0.4, 0.5) is 0 Å². The number of sulfonamides is 1. The largest absolute Gasteiger partial charge is 0.376 e. The Kier molecular flexibility index (Phi) is 3.81. The van der Waals surface area contributed by atoms with E-state index in [0.29, 0.717) is 13.1 Å². The molecular formula is C12H17NO3S. The number of hydrogen-bond donors (Lipinski definition) is 0. The molecule has 94 valence electrons. The SMILES string of the molecule is CC1CN(Cc2ccccc2)S(=O)(=O)CCO1. The zero-order valence-electron chi connectivity index (χ0n) is 9.87. The van der Waals surface area contributed by atoms with E-state index in [1.165, 1.54) is 4.31 Å². The lowest BCUT2D eigenvalue weighted by Gasteiger charge is -2.21. The van der Waals surface area contributed by atoms with Crippen molar-refractivity contribution in [3.8, 4) is 0 Å². The molecule has 0 radical (unpaired) electrons. The summed E-state index contributed by atoms with van der Waals surface area (Å²) in [7, 11) is -3.18. The van der Waals surface area contributed by atoms with E-state index in [2.05, 4.69) is 0 Å². The molecule has 1 heterocycles. The highest BCUT2D eigenvalue weighted by Gasteiger charge is 2.27. The summed E-state index contributed by atoms with van der Waals surface area (Å²) in [4.78, 5) is 0. The minimum absolute atomic E-state index is 0.0454. The van der Waals surface area contributed by atoms with Gasteiger partial charge in [0.1, 0.15) is 0 Å². The van der Waals surface area contributed by atoms with Gasteiger partial charge >= 0.3 is 0 Å². The summed E-state index contributed by atoms with van der Waals surface area (Å²) in [6, 6.07) is 9.63. The monoisotopic (exact) mass is 255 g/mol. The van der Waals surface area contributed by atoms with Crippen molar-refractivity contribution in [1.82, 2.24) is 4.31 Å². The van der Waals surface area contributed by atoms with Crippen LogP contribution in [0.5, 0.6) is 0 Å². The fraction of sp³-hybridized carbons (Fsp3) is 0.500. The van der Waals surface area contributed by atoms with Crippen LogP contribution in [0.15, 0.2) is 30.3 Å². The number of hydrogen-bond acceptors (Lipinski definition) is 3. The second kappa shape index (κ2) is 5.16. The van der Waals surface area contributed by atoms with Gasteiger partial charge in [0.25, 0.3) is 0 Å². The van der Waals surface area contributed by atoms with Crippen LogP contribution >= 0.6 is 0 Å². The van der Waals surface area contributed by atoms with Crippen LogP contribution in [0.25, 0.3) is 0 Å². The van der Waals surface area contributed by atoms with Gasteiger partial charge in [-0.05, 0) is 12.5 Å². The molecule has 1 fully saturated rings. The molecule has 17 heavy (non-hydrogen) atoms. The summed E-state index contributed by atoms with van der Waals surface area (Å²) in [5, 5.41) is 0. The lowest BCUT2D eigenvalue weighted by atomic mass is 10.2. The quantitative estimate of drug-likeness (QED) is 0.798. The Labute approximate surface area is 102 Å². The van der Waals surface area contributed by atoms with Crippen molar-refractivity contribution in [1.29, 1.82) is 0 Å². The first kappa shape index (κ1) is 12.5. The molecule has 1 aromatic rings. The van der Waals surface area contributed by atoms with Gasteiger partial charge in [-0.3, -0.25) is 0 Å². The lowest BCUT2D eigenvalue weighted by Crippen LogP contribution is -2.35. The second-order valence-electron chi connectivity index (χ2n) is 4.28. The zero-order chi connectivity index (χ0) is 12.3. The minimum Gasteiger partial charge on any atom is -0.376 e. The van der Waals surface area contributed by atoms with Crippen LogP contribution in [-0.2, 0) is 21.3 Å². The molecule has 2 rings (SSSR count).